The van der Waals surface area contributed by atoms with Crippen molar-refractivity contribution in [1.82, 2.24) is 20.2 Å². The highest BCUT2D eigenvalue weighted by Gasteiger charge is 2.21. The lowest BCUT2D eigenvalue weighted by Crippen LogP contribution is -2.12. The lowest BCUT2D eigenvalue weighted by Gasteiger charge is -2.18. The summed E-state index contributed by atoms with van der Waals surface area (Å²) < 4.78 is 13.5. The largest absolute Gasteiger partial charge is 0.493 e. The number of aryl methyl sites for hydroxylation is 1. The maximum absolute atomic E-state index is 6.29. The van der Waals surface area contributed by atoms with E-state index in [0.29, 0.717) is 6.42 Å². The Hall–Kier alpha value is -3.33. The molecule has 1 unspecified atom stereocenters. The summed E-state index contributed by atoms with van der Waals surface area (Å²) in [7, 11) is 3.52. The number of nitrogens with zero attached hydrogens (tertiary/aromatic N) is 4. The Morgan fingerprint density at radius 3 is 2.60 bits per heavy atom. The molecule has 1 atom stereocenters. The molecule has 6 nitrogen and oxygen atoms in total. The van der Waals surface area contributed by atoms with Crippen LogP contribution in [0.25, 0.3) is 0 Å². The summed E-state index contributed by atoms with van der Waals surface area (Å²) >= 11 is 0. The Morgan fingerprint density at radius 1 is 1.10 bits per heavy atom. The molecule has 30 heavy (non-hydrogen) atoms. The zero-order valence-corrected chi connectivity index (χ0v) is 17.4. The molecule has 1 heterocycles. The molecule has 1 saturated carbocycles. The van der Waals surface area contributed by atoms with Crippen LogP contribution in [0, 0.1) is 11.8 Å². The maximum Gasteiger partial charge on any atom is 0.161 e. The van der Waals surface area contributed by atoms with Crippen LogP contribution in [-0.2, 0) is 13.5 Å². The van der Waals surface area contributed by atoms with Gasteiger partial charge in [0, 0.05) is 19.0 Å². The highest BCUT2D eigenvalue weighted by atomic mass is 16.5. The second-order valence-corrected chi connectivity index (χ2v) is 7.55. The van der Waals surface area contributed by atoms with E-state index in [9.17, 15) is 0 Å². The summed E-state index contributed by atoms with van der Waals surface area (Å²) in [4.78, 5) is 0. The van der Waals surface area contributed by atoms with Crippen LogP contribution in [0.2, 0.25) is 0 Å². The second-order valence-electron chi connectivity index (χ2n) is 7.55. The van der Waals surface area contributed by atoms with E-state index in [1.54, 1.807) is 11.8 Å². The van der Waals surface area contributed by atoms with Crippen molar-refractivity contribution >= 4 is 0 Å². The van der Waals surface area contributed by atoms with Gasteiger partial charge >= 0.3 is 0 Å². The van der Waals surface area contributed by atoms with E-state index in [1.165, 1.54) is 12.8 Å². The topological polar surface area (TPSA) is 62.1 Å². The van der Waals surface area contributed by atoms with E-state index in [2.05, 4.69) is 39.5 Å². The smallest absolute Gasteiger partial charge is 0.161 e. The van der Waals surface area contributed by atoms with E-state index >= 15 is 0 Å². The summed E-state index contributed by atoms with van der Waals surface area (Å²) in [5.74, 6) is 8.96. The average Bonchev–Trinajstić information content (AvgIpc) is 3.43. The highest BCUT2D eigenvalue weighted by Crippen LogP contribution is 2.35. The van der Waals surface area contributed by atoms with Gasteiger partial charge in [-0.3, -0.25) is 0 Å². The first kappa shape index (κ1) is 20.0. The zero-order valence-electron chi connectivity index (χ0n) is 17.4. The molecule has 0 aliphatic heterocycles. The highest BCUT2D eigenvalue weighted by molar-refractivity contribution is 5.47. The third-order valence-electron chi connectivity index (χ3n) is 5.44. The number of hydrogen-bond acceptors (Lipinski definition) is 5. The molecule has 1 fully saturated rings. The van der Waals surface area contributed by atoms with Crippen LogP contribution in [0.4, 0.5) is 0 Å². The predicted octanol–water partition coefficient (Wildman–Crippen LogP) is 3.92. The fourth-order valence-corrected chi connectivity index (χ4v) is 3.74. The quantitative estimate of drug-likeness (QED) is 0.585. The summed E-state index contributed by atoms with van der Waals surface area (Å²) in [5.41, 5.74) is 2.05. The molecular formula is C24H26N4O2. The van der Waals surface area contributed by atoms with Crippen molar-refractivity contribution in [1.29, 1.82) is 0 Å². The van der Waals surface area contributed by atoms with Crippen LogP contribution in [0.1, 0.15) is 48.6 Å². The molecule has 0 amide bonds. The van der Waals surface area contributed by atoms with Crippen LogP contribution in [0.15, 0.2) is 48.5 Å². The third kappa shape index (κ3) is 4.80. The van der Waals surface area contributed by atoms with Crippen molar-refractivity contribution < 1.29 is 9.47 Å². The molecule has 6 heteroatoms. The minimum absolute atomic E-state index is 0.0771. The Kier molecular flexibility index (Phi) is 6.29. The van der Waals surface area contributed by atoms with Crippen LogP contribution in [0.5, 0.6) is 11.5 Å². The Labute approximate surface area is 177 Å². The number of rotatable bonds is 6. The van der Waals surface area contributed by atoms with Crippen LogP contribution in [0.3, 0.4) is 0 Å². The minimum Gasteiger partial charge on any atom is -0.493 e. The standard InChI is InChI=1S/C24H26N4O2/c1-28-24(25-26-27-28)17-20(13-12-18-8-4-3-5-9-18)19-14-15-22(29-2)23(16-19)30-21-10-6-7-11-21/h3-5,8-9,14-16,20-21H,6-7,10-11,17H2,1-2H3. The Morgan fingerprint density at radius 2 is 1.90 bits per heavy atom. The van der Waals surface area contributed by atoms with Crippen molar-refractivity contribution in [2.24, 2.45) is 7.05 Å². The molecule has 0 saturated heterocycles. The van der Waals surface area contributed by atoms with Gasteiger partial charge in [0.25, 0.3) is 0 Å². The summed E-state index contributed by atoms with van der Waals surface area (Å²) in [5, 5.41) is 11.9. The van der Waals surface area contributed by atoms with Gasteiger partial charge in [0.2, 0.25) is 0 Å². The van der Waals surface area contributed by atoms with Crippen molar-refractivity contribution in [3.05, 3.63) is 65.5 Å². The van der Waals surface area contributed by atoms with E-state index < -0.39 is 0 Å². The minimum atomic E-state index is -0.0771. The first-order valence-corrected chi connectivity index (χ1v) is 10.4. The van der Waals surface area contributed by atoms with Gasteiger partial charge < -0.3 is 9.47 Å². The summed E-state index contributed by atoms with van der Waals surface area (Å²) in [6.45, 7) is 0. The normalized spacial score (nSPS) is 14.7. The van der Waals surface area contributed by atoms with Crippen molar-refractivity contribution in [3.63, 3.8) is 0 Å². The van der Waals surface area contributed by atoms with E-state index in [0.717, 1.165) is 41.3 Å². The lowest BCUT2D eigenvalue weighted by atomic mass is 9.95. The zero-order chi connectivity index (χ0) is 20.8. The second kappa shape index (κ2) is 9.45. The van der Waals surface area contributed by atoms with Crippen molar-refractivity contribution in [2.75, 3.05) is 7.11 Å². The predicted molar refractivity (Wildman–Crippen MR) is 114 cm³/mol. The van der Waals surface area contributed by atoms with Crippen molar-refractivity contribution in [2.45, 2.75) is 44.1 Å². The van der Waals surface area contributed by atoms with Gasteiger partial charge in [0.15, 0.2) is 17.3 Å². The molecule has 0 bridgehead atoms. The lowest BCUT2D eigenvalue weighted by molar-refractivity contribution is 0.200. The van der Waals surface area contributed by atoms with Gasteiger partial charge in [-0.05, 0) is 65.9 Å². The van der Waals surface area contributed by atoms with Gasteiger partial charge in [0.05, 0.1) is 19.1 Å². The molecule has 4 rings (SSSR count). The molecule has 0 N–H and O–H groups in total. The van der Waals surface area contributed by atoms with Crippen molar-refractivity contribution in [3.8, 4) is 23.3 Å². The number of methoxy groups -OCH3 is 1. The number of aromatic nitrogens is 4. The van der Waals surface area contributed by atoms with E-state index in [-0.39, 0.29) is 12.0 Å². The molecule has 0 spiro atoms. The molecule has 3 aromatic rings. The molecule has 0 radical (unpaired) electrons. The van der Waals surface area contributed by atoms with Gasteiger partial charge in [0.1, 0.15) is 0 Å². The molecule has 154 valence electrons. The SMILES string of the molecule is COc1ccc(C(C#Cc2ccccc2)Cc2nnnn2C)cc1OC1CCCC1. The van der Waals surface area contributed by atoms with Crippen LogP contribution >= 0.6 is 0 Å². The van der Waals surface area contributed by atoms with Crippen LogP contribution < -0.4 is 9.47 Å². The van der Waals surface area contributed by atoms with E-state index in [1.807, 2.05) is 43.4 Å². The van der Waals surface area contributed by atoms with Gasteiger partial charge in [-0.2, -0.15) is 0 Å². The van der Waals surface area contributed by atoms with E-state index in [4.69, 9.17) is 9.47 Å². The summed E-state index contributed by atoms with van der Waals surface area (Å²) in [6, 6.07) is 16.1. The number of tetrazole rings is 1. The maximum atomic E-state index is 6.29. The van der Waals surface area contributed by atoms with Gasteiger partial charge in [-0.25, -0.2) is 4.68 Å². The first-order valence-electron chi connectivity index (χ1n) is 10.4. The number of ether oxygens (including phenoxy) is 2. The first-order chi connectivity index (χ1) is 14.7. The molecule has 1 aliphatic rings. The number of benzene rings is 2. The third-order valence-corrected chi connectivity index (χ3v) is 5.44. The summed E-state index contributed by atoms with van der Waals surface area (Å²) in [6.07, 6.45) is 5.49. The monoisotopic (exact) mass is 402 g/mol. The molecule has 1 aliphatic carbocycles. The Balaban J connectivity index is 1.66. The van der Waals surface area contributed by atoms with Gasteiger partial charge in [-0.15, -0.1) is 5.10 Å². The van der Waals surface area contributed by atoms with Crippen LogP contribution in [-0.4, -0.2) is 33.4 Å². The molecule has 2 aromatic carbocycles. The fourth-order valence-electron chi connectivity index (χ4n) is 3.74. The average molecular weight is 402 g/mol. The number of hydrogen-bond donors (Lipinski definition) is 0. The Bertz CT molecular complexity index is 1030. The van der Waals surface area contributed by atoms with Gasteiger partial charge in [-0.1, -0.05) is 36.1 Å². The fraction of sp³-hybridized carbons (Fsp3) is 0.375. The molecule has 1 aromatic heterocycles. The molecular weight excluding hydrogens is 376 g/mol.